The molecular weight excluding hydrogens is 248 g/mol. The first-order chi connectivity index (χ1) is 9.67. The Morgan fingerprint density at radius 1 is 1.25 bits per heavy atom. The molecule has 0 amide bonds. The number of hydrogen-bond donors (Lipinski definition) is 2. The molecule has 0 aliphatic carbocycles. The molecule has 0 saturated carbocycles. The van der Waals surface area contributed by atoms with Crippen molar-refractivity contribution in [3.8, 4) is 18.1 Å². The van der Waals surface area contributed by atoms with Crippen molar-refractivity contribution in [3.63, 3.8) is 0 Å². The van der Waals surface area contributed by atoms with Crippen LogP contribution in [0.4, 0.5) is 0 Å². The minimum atomic E-state index is -0.00452. The van der Waals surface area contributed by atoms with Crippen LogP contribution in [0.25, 0.3) is 10.8 Å². The molecule has 3 nitrogen and oxygen atoms in total. The van der Waals surface area contributed by atoms with Gasteiger partial charge >= 0.3 is 0 Å². The lowest BCUT2D eigenvalue weighted by molar-refractivity contribution is 0.415. The summed E-state index contributed by atoms with van der Waals surface area (Å²) in [6.45, 7) is 2.46. The Morgan fingerprint density at radius 3 is 2.60 bits per heavy atom. The molecule has 2 unspecified atom stereocenters. The number of terminal acetylenes is 1. The first-order valence-corrected chi connectivity index (χ1v) is 6.68. The summed E-state index contributed by atoms with van der Waals surface area (Å²) in [5, 5.41) is 5.64. The zero-order valence-corrected chi connectivity index (χ0v) is 11.9. The summed E-state index contributed by atoms with van der Waals surface area (Å²) in [6, 6.07) is 12.4. The highest BCUT2D eigenvalue weighted by Crippen LogP contribution is 2.24. The van der Waals surface area contributed by atoms with Gasteiger partial charge in [0.05, 0.1) is 13.2 Å². The van der Waals surface area contributed by atoms with E-state index in [0.717, 1.165) is 22.1 Å². The molecule has 0 fully saturated rings. The lowest BCUT2D eigenvalue weighted by atomic mass is 10.0. The predicted octanol–water partition coefficient (Wildman–Crippen LogP) is 2.46. The van der Waals surface area contributed by atoms with Gasteiger partial charge in [-0.3, -0.25) is 5.32 Å². The van der Waals surface area contributed by atoms with E-state index in [4.69, 9.17) is 16.9 Å². The third-order valence-electron chi connectivity index (χ3n) is 3.41. The summed E-state index contributed by atoms with van der Waals surface area (Å²) in [5.74, 6) is 3.53. The molecule has 0 bridgehead atoms. The zero-order valence-electron chi connectivity index (χ0n) is 11.9. The summed E-state index contributed by atoms with van der Waals surface area (Å²) >= 11 is 0. The van der Waals surface area contributed by atoms with E-state index in [-0.39, 0.29) is 12.1 Å². The van der Waals surface area contributed by atoms with Gasteiger partial charge in [0.2, 0.25) is 0 Å². The Hall–Kier alpha value is -2.02. The molecule has 2 aromatic rings. The van der Waals surface area contributed by atoms with Crippen LogP contribution >= 0.6 is 0 Å². The number of nitrogens with one attached hydrogen (secondary N) is 1. The summed E-state index contributed by atoms with van der Waals surface area (Å²) in [6.07, 6.45) is 5.41. The maximum Gasteiger partial charge on any atom is 0.119 e. The van der Waals surface area contributed by atoms with E-state index in [0.29, 0.717) is 6.54 Å². The highest BCUT2D eigenvalue weighted by Gasteiger charge is 2.12. The van der Waals surface area contributed by atoms with Gasteiger partial charge in [0.1, 0.15) is 5.75 Å². The second kappa shape index (κ2) is 6.42. The largest absolute Gasteiger partial charge is 0.497 e. The van der Waals surface area contributed by atoms with Crippen LogP contribution < -0.4 is 15.8 Å². The lowest BCUT2D eigenvalue weighted by Gasteiger charge is -2.20. The SMILES string of the molecule is C#CC(C)NC(CN)c1ccc2cc(OC)ccc2c1. The molecule has 20 heavy (non-hydrogen) atoms. The zero-order chi connectivity index (χ0) is 14.5. The number of benzene rings is 2. The van der Waals surface area contributed by atoms with E-state index in [2.05, 4.69) is 35.5 Å². The van der Waals surface area contributed by atoms with Crippen molar-refractivity contribution in [1.29, 1.82) is 0 Å². The fraction of sp³-hybridized carbons (Fsp3) is 0.294. The summed E-state index contributed by atoms with van der Waals surface area (Å²) in [4.78, 5) is 0. The molecule has 0 aromatic heterocycles. The molecule has 2 aromatic carbocycles. The van der Waals surface area contributed by atoms with Crippen LogP contribution in [-0.4, -0.2) is 19.7 Å². The Morgan fingerprint density at radius 2 is 1.95 bits per heavy atom. The molecule has 0 aliphatic heterocycles. The van der Waals surface area contributed by atoms with Crippen LogP contribution in [0.1, 0.15) is 18.5 Å². The van der Waals surface area contributed by atoms with Crippen molar-refractivity contribution in [2.45, 2.75) is 19.0 Å². The van der Waals surface area contributed by atoms with Crippen molar-refractivity contribution in [1.82, 2.24) is 5.32 Å². The molecule has 3 N–H and O–H groups in total. The number of nitrogens with two attached hydrogens (primary N) is 1. The molecule has 0 spiro atoms. The quantitative estimate of drug-likeness (QED) is 0.819. The monoisotopic (exact) mass is 268 g/mol. The number of fused-ring (bicyclic) bond motifs is 1. The highest BCUT2D eigenvalue weighted by atomic mass is 16.5. The maximum absolute atomic E-state index is 5.85. The van der Waals surface area contributed by atoms with Crippen molar-refractivity contribution >= 4 is 10.8 Å². The van der Waals surface area contributed by atoms with E-state index in [1.807, 2.05) is 19.1 Å². The summed E-state index contributed by atoms with van der Waals surface area (Å²) in [7, 11) is 1.67. The van der Waals surface area contributed by atoms with E-state index < -0.39 is 0 Å². The van der Waals surface area contributed by atoms with Crippen LogP contribution in [0.2, 0.25) is 0 Å². The Bertz CT molecular complexity index is 630. The number of rotatable bonds is 5. The smallest absolute Gasteiger partial charge is 0.119 e. The normalized spacial score (nSPS) is 13.7. The molecule has 0 heterocycles. The number of methoxy groups -OCH3 is 1. The number of ether oxygens (including phenoxy) is 1. The van der Waals surface area contributed by atoms with E-state index >= 15 is 0 Å². The summed E-state index contributed by atoms with van der Waals surface area (Å²) in [5.41, 5.74) is 6.99. The molecule has 0 radical (unpaired) electrons. The van der Waals surface area contributed by atoms with Gasteiger partial charge in [-0.1, -0.05) is 24.1 Å². The van der Waals surface area contributed by atoms with Gasteiger partial charge in [-0.05, 0) is 41.5 Å². The third-order valence-corrected chi connectivity index (χ3v) is 3.41. The predicted molar refractivity (Wildman–Crippen MR) is 83.7 cm³/mol. The maximum atomic E-state index is 5.85. The molecular formula is C17H20N2O. The van der Waals surface area contributed by atoms with Crippen molar-refractivity contribution in [2.75, 3.05) is 13.7 Å². The van der Waals surface area contributed by atoms with Gasteiger partial charge in [0, 0.05) is 12.6 Å². The fourth-order valence-corrected chi connectivity index (χ4v) is 2.24. The topological polar surface area (TPSA) is 47.3 Å². The van der Waals surface area contributed by atoms with Crippen LogP contribution in [0.5, 0.6) is 5.75 Å². The minimum Gasteiger partial charge on any atom is -0.497 e. The lowest BCUT2D eigenvalue weighted by Crippen LogP contribution is -2.34. The molecule has 0 aliphatic rings. The van der Waals surface area contributed by atoms with Gasteiger partial charge in [0.25, 0.3) is 0 Å². The van der Waals surface area contributed by atoms with Crippen molar-refractivity contribution in [2.24, 2.45) is 5.73 Å². The second-order valence-corrected chi connectivity index (χ2v) is 4.82. The van der Waals surface area contributed by atoms with Crippen LogP contribution in [0.15, 0.2) is 36.4 Å². The Labute approximate surface area is 120 Å². The molecule has 104 valence electrons. The van der Waals surface area contributed by atoms with Gasteiger partial charge in [-0.25, -0.2) is 0 Å². The van der Waals surface area contributed by atoms with Crippen molar-refractivity contribution in [3.05, 3.63) is 42.0 Å². The number of hydrogen-bond acceptors (Lipinski definition) is 3. The van der Waals surface area contributed by atoms with E-state index in [1.165, 1.54) is 0 Å². The van der Waals surface area contributed by atoms with Gasteiger partial charge in [-0.15, -0.1) is 6.42 Å². The molecule has 2 rings (SSSR count). The second-order valence-electron chi connectivity index (χ2n) is 4.82. The molecule has 3 heteroatoms. The van der Waals surface area contributed by atoms with E-state index in [1.54, 1.807) is 7.11 Å². The van der Waals surface area contributed by atoms with Crippen LogP contribution in [0, 0.1) is 12.3 Å². The van der Waals surface area contributed by atoms with Crippen molar-refractivity contribution < 1.29 is 4.74 Å². The van der Waals surface area contributed by atoms with Gasteiger partial charge < -0.3 is 10.5 Å². The Balaban J connectivity index is 2.33. The first-order valence-electron chi connectivity index (χ1n) is 6.68. The molecule has 0 saturated heterocycles. The van der Waals surface area contributed by atoms with E-state index in [9.17, 15) is 0 Å². The minimum absolute atomic E-state index is 0.00452. The first kappa shape index (κ1) is 14.4. The van der Waals surface area contributed by atoms with Gasteiger partial charge in [0.15, 0.2) is 0 Å². The van der Waals surface area contributed by atoms with Gasteiger partial charge in [-0.2, -0.15) is 0 Å². The average molecular weight is 268 g/mol. The standard InChI is InChI=1S/C17H20N2O/c1-4-12(2)19-17(11-18)15-6-5-14-10-16(20-3)8-7-13(14)9-15/h1,5-10,12,17,19H,11,18H2,2-3H3. The third kappa shape index (κ3) is 3.11. The average Bonchev–Trinajstić information content (AvgIpc) is 2.51. The Kier molecular flexibility index (Phi) is 4.62. The highest BCUT2D eigenvalue weighted by molar-refractivity contribution is 5.84. The van der Waals surface area contributed by atoms with Crippen LogP contribution in [-0.2, 0) is 0 Å². The van der Waals surface area contributed by atoms with Crippen LogP contribution in [0.3, 0.4) is 0 Å². The summed E-state index contributed by atoms with van der Waals surface area (Å²) < 4.78 is 5.23. The fourth-order valence-electron chi connectivity index (χ4n) is 2.24. The molecule has 2 atom stereocenters.